The highest BCUT2D eigenvalue weighted by Gasteiger charge is 2.69. The standard InChI is InChI=1S/C21H23Cl2N5O4/c1-20(2)15(21(20,22)23)8-25-18(30)13-6-10-5-12(10)28(13)16(29)9-27-14-7-24-4-3-11(14)17(26-27)19(31)32/h3-4,7,10,12-13,15H,5-6,8-9H2,1-2H3,(H,25,30)(H,31,32)/t10-,12-,13+,15-/m1/s1. The van der Waals surface area contributed by atoms with Crippen molar-refractivity contribution >= 4 is 51.9 Å². The summed E-state index contributed by atoms with van der Waals surface area (Å²) in [6.07, 6.45) is 4.46. The van der Waals surface area contributed by atoms with Gasteiger partial charge in [0.1, 0.15) is 16.9 Å². The maximum atomic E-state index is 13.2. The van der Waals surface area contributed by atoms with E-state index in [1.54, 1.807) is 11.0 Å². The average molecular weight is 480 g/mol. The average Bonchev–Trinajstić information content (AvgIpc) is 3.39. The Morgan fingerprint density at radius 3 is 2.66 bits per heavy atom. The van der Waals surface area contributed by atoms with Crippen LogP contribution in [0.3, 0.4) is 0 Å². The van der Waals surface area contributed by atoms with Crippen molar-refractivity contribution in [3.05, 3.63) is 24.2 Å². The number of nitrogens with one attached hydrogen (secondary N) is 1. The summed E-state index contributed by atoms with van der Waals surface area (Å²) in [5.41, 5.74) is 0.0449. The summed E-state index contributed by atoms with van der Waals surface area (Å²) in [5, 5.41) is 16.9. The van der Waals surface area contributed by atoms with Crippen LogP contribution in [-0.4, -0.2) is 65.5 Å². The molecule has 5 rings (SSSR count). The zero-order valence-electron chi connectivity index (χ0n) is 17.6. The van der Waals surface area contributed by atoms with Crippen LogP contribution in [0.25, 0.3) is 10.9 Å². The fourth-order valence-electron chi connectivity index (χ4n) is 5.02. The Kier molecular flexibility index (Phi) is 4.73. The second-order valence-electron chi connectivity index (χ2n) is 9.46. The third-order valence-corrected chi connectivity index (χ3v) is 8.80. The first-order valence-corrected chi connectivity index (χ1v) is 11.3. The van der Waals surface area contributed by atoms with Crippen molar-refractivity contribution in [2.45, 2.75) is 49.7 Å². The predicted molar refractivity (Wildman–Crippen MR) is 116 cm³/mol. The third kappa shape index (κ3) is 3.16. The van der Waals surface area contributed by atoms with Gasteiger partial charge in [0.2, 0.25) is 11.8 Å². The number of rotatable bonds is 6. The number of nitrogens with zero attached hydrogens (tertiary/aromatic N) is 4. The number of alkyl halides is 2. The van der Waals surface area contributed by atoms with Crippen molar-refractivity contribution in [2.24, 2.45) is 17.3 Å². The van der Waals surface area contributed by atoms with E-state index in [-0.39, 0.29) is 41.4 Å². The molecule has 0 radical (unpaired) electrons. The molecule has 1 saturated heterocycles. The minimum absolute atomic E-state index is 0.0367. The molecule has 2 aromatic rings. The molecule has 3 heterocycles. The van der Waals surface area contributed by atoms with Gasteiger partial charge in [-0.15, -0.1) is 23.2 Å². The SMILES string of the molecule is CC1(C)[C@@H](CNC(=O)[C@@H]2C[C@H]3C[C@H]3N2C(=O)Cn2nc(C(=O)O)c3ccncc32)C1(Cl)Cl. The highest BCUT2D eigenvalue weighted by Crippen LogP contribution is 2.68. The molecular formula is C21H23Cl2N5O4. The highest BCUT2D eigenvalue weighted by molar-refractivity contribution is 6.51. The quantitative estimate of drug-likeness (QED) is 0.612. The Hall–Kier alpha value is -2.39. The van der Waals surface area contributed by atoms with Crippen molar-refractivity contribution in [2.75, 3.05) is 6.54 Å². The summed E-state index contributed by atoms with van der Waals surface area (Å²) < 4.78 is 0.478. The number of hydrogen-bond acceptors (Lipinski definition) is 5. The van der Waals surface area contributed by atoms with Gasteiger partial charge in [0, 0.05) is 35.5 Å². The lowest BCUT2D eigenvalue weighted by atomic mass is 10.1. The van der Waals surface area contributed by atoms with Gasteiger partial charge in [-0.3, -0.25) is 19.3 Å². The molecule has 4 atom stereocenters. The fourth-order valence-corrected chi connectivity index (χ4v) is 5.87. The van der Waals surface area contributed by atoms with E-state index in [1.807, 2.05) is 13.8 Å². The second kappa shape index (κ2) is 7.05. The normalized spacial score (nSPS) is 28.9. The van der Waals surface area contributed by atoms with Crippen LogP contribution < -0.4 is 5.32 Å². The monoisotopic (exact) mass is 479 g/mol. The summed E-state index contributed by atoms with van der Waals surface area (Å²) in [5.74, 6) is -1.39. The van der Waals surface area contributed by atoms with E-state index in [9.17, 15) is 19.5 Å². The molecule has 3 fully saturated rings. The number of carbonyl (C=O) groups is 3. The molecule has 170 valence electrons. The van der Waals surface area contributed by atoms with Gasteiger partial charge in [0.05, 0.1) is 11.7 Å². The van der Waals surface area contributed by atoms with E-state index in [4.69, 9.17) is 23.2 Å². The van der Waals surface area contributed by atoms with E-state index in [2.05, 4.69) is 15.4 Å². The second-order valence-corrected chi connectivity index (χ2v) is 10.8. The molecule has 2 saturated carbocycles. The Morgan fingerprint density at radius 2 is 2.00 bits per heavy atom. The van der Waals surface area contributed by atoms with Gasteiger partial charge >= 0.3 is 5.97 Å². The topological polar surface area (TPSA) is 117 Å². The van der Waals surface area contributed by atoms with E-state index in [0.29, 0.717) is 29.8 Å². The van der Waals surface area contributed by atoms with Crippen molar-refractivity contribution < 1.29 is 19.5 Å². The molecule has 2 N–H and O–H groups in total. The van der Waals surface area contributed by atoms with Gasteiger partial charge in [-0.25, -0.2) is 4.79 Å². The minimum atomic E-state index is -1.18. The number of piperidine rings is 1. The predicted octanol–water partition coefficient (Wildman–Crippen LogP) is 2.07. The number of carboxylic acids is 1. The van der Waals surface area contributed by atoms with E-state index < -0.39 is 16.3 Å². The lowest BCUT2D eigenvalue weighted by molar-refractivity contribution is -0.140. The molecule has 2 aromatic heterocycles. The maximum absolute atomic E-state index is 13.2. The van der Waals surface area contributed by atoms with Crippen LogP contribution in [-0.2, 0) is 16.1 Å². The molecule has 32 heavy (non-hydrogen) atoms. The van der Waals surface area contributed by atoms with E-state index in [1.165, 1.54) is 17.1 Å². The maximum Gasteiger partial charge on any atom is 0.357 e. The number of aromatic carboxylic acids is 1. The molecule has 3 aliphatic rings. The molecule has 0 spiro atoms. The van der Waals surface area contributed by atoms with Gasteiger partial charge < -0.3 is 15.3 Å². The molecular weight excluding hydrogens is 457 g/mol. The lowest BCUT2D eigenvalue weighted by Crippen LogP contribution is -2.49. The molecule has 9 nitrogen and oxygen atoms in total. The Balaban J connectivity index is 1.31. The summed E-state index contributed by atoms with van der Waals surface area (Å²) >= 11 is 12.6. The van der Waals surface area contributed by atoms with Crippen LogP contribution in [0.1, 0.15) is 37.2 Å². The van der Waals surface area contributed by atoms with Gasteiger partial charge in [0.25, 0.3) is 0 Å². The zero-order valence-corrected chi connectivity index (χ0v) is 19.1. The lowest BCUT2D eigenvalue weighted by Gasteiger charge is -2.27. The van der Waals surface area contributed by atoms with Crippen LogP contribution >= 0.6 is 23.2 Å². The zero-order chi connectivity index (χ0) is 23.0. The van der Waals surface area contributed by atoms with Crippen LogP contribution in [0, 0.1) is 17.3 Å². The first-order chi connectivity index (χ1) is 15.0. The number of carboxylic acid groups (broad SMARTS) is 1. The van der Waals surface area contributed by atoms with Crippen LogP contribution in [0.15, 0.2) is 18.5 Å². The fraction of sp³-hybridized carbons (Fsp3) is 0.571. The summed E-state index contributed by atoms with van der Waals surface area (Å²) in [6, 6.07) is 1.03. The van der Waals surface area contributed by atoms with E-state index in [0.717, 1.165) is 6.42 Å². The Bertz CT molecular complexity index is 1130. The number of fused-ring (bicyclic) bond motifs is 2. The van der Waals surface area contributed by atoms with Crippen molar-refractivity contribution in [3.63, 3.8) is 0 Å². The number of amides is 2. The molecule has 1 aliphatic heterocycles. The van der Waals surface area contributed by atoms with Gasteiger partial charge in [0.15, 0.2) is 5.69 Å². The number of aromatic nitrogens is 3. The minimum Gasteiger partial charge on any atom is -0.476 e. The van der Waals surface area contributed by atoms with E-state index >= 15 is 0 Å². The van der Waals surface area contributed by atoms with Crippen LogP contribution in [0.4, 0.5) is 0 Å². The molecule has 0 aromatic carbocycles. The number of likely N-dealkylation sites (tertiary alicyclic amines) is 1. The van der Waals surface area contributed by atoms with Crippen molar-refractivity contribution in [1.82, 2.24) is 25.0 Å². The summed E-state index contributed by atoms with van der Waals surface area (Å²) in [6.45, 7) is 4.10. The first-order valence-electron chi connectivity index (χ1n) is 10.5. The smallest absolute Gasteiger partial charge is 0.357 e. The molecule has 0 bridgehead atoms. The van der Waals surface area contributed by atoms with Gasteiger partial charge in [-0.2, -0.15) is 5.10 Å². The van der Waals surface area contributed by atoms with Crippen molar-refractivity contribution in [3.8, 4) is 0 Å². The Labute approximate surface area is 194 Å². The first kappa shape index (κ1) is 21.5. The number of hydrogen-bond donors (Lipinski definition) is 2. The largest absolute Gasteiger partial charge is 0.476 e. The number of carbonyl (C=O) groups excluding carboxylic acids is 2. The van der Waals surface area contributed by atoms with Crippen molar-refractivity contribution in [1.29, 1.82) is 0 Å². The highest BCUT2D eigenvalue weighted by atomic mass is 35.5. The van der Waals surface area contributed by atoms with Gasteiger partial charge in [-0.1, -0.05) is 13.8 Å². The Morgan fingerprint density at radius 1 is 1.28 bits per heavy atom. The molecule has 2 aliphatic carbocycles. The molecule has 2 amide bonds. The van der Waals surface area contributed by atoms with Crippen LogP contribution in [0.5, 0.6) is 0 Å². The summed E-state index contributed by atoms with van der Waals surface area (Å²) in [4.78, 5) is 43.3. The van der Waals surface area contributed by atoms with Crippen LogP contribution in [0.2, 0.25) is 0 Å². The number of halogens is 2. The third-order valence-electron chi connectivity index (χ3n) is 7.30. The molecule has 0 unspecified atom stereocenters. The van der Waals surface area contributed by atoms with Gasteiger partial charge in [-0.05, 0) is 24.8 Å². The number of pyridine rings is 1. The summed E-state index contributed by atoms with van der Waals surface area (Å²) in [7, 11) is 0. The molecule has 11 heteroatoms.